The van der Waals surface area contributed by atoms with Crippen LogP contribution in [0.1, 0.15) is 26.2 Å². The summed E-state index contributed by atoms with van der Waals surface area (Å²) in [5.74, 6) is 1.05. The van der Waals surface area contributed by atoms with Gasteiger partial charge in [0.05, 0.1) is 10.9 Å². The van der Waals surface area contributed by atoms with Gasteiger partial charge < -0.3 is 14.7 Å². The van der Waals surface area contributed by atoms with Gasteiger partial charge in [-0.25, -0.2) is 0 Å². The minimum atomic E-state index is -0.232. The molecule has 0 radical (unpaired) electrons. The van der Waals surface area contributed by atoms with Gasteiger partial charge in [-0.3, -0.25) is 9.36 Å². The summed E-state index contributed by atoms with van der Waals surface area (Å²) in [6.45, 7) is 7.16. The standard InChI is InChI=1S/C26H32N6OS/c1-21(24(33)30-19-17-29(18-20-30)22-11-5-2-6-12-22)34-26-28-27-25(31-15-9-4-10-16-31)32(26)23-13-7-3-8-14-23/h2-3,5-8,11-14,21H,4,9-10,15-20H2,1H3. The van der Waals surface area contributed by atoms with Crippen LogP contribution in [0.5, 0.6) is 0 Å². The molecule has 2 fully saturated rings. The molecule has 2 aliphatic heterocycles. The lowest BCUT2D eigenvalue weighted by molar-refractivity contribution is -0.130. The van der Waals surface area contributed by atoms with E-state index >= 15 is 0 Å². The molecule has 1 unspecified atom stereocenters. The van der Waals surface area contributed by atoms with Gasteiger partial charge in [0.1, 0.15) is 0 Å². The van der Waals surface area contributed by atoms with Crippen molar-refractivity contribution >= 4 is 29.3 Å². The second-order valence-electron chi connectivity index (χ2n) is 8.91. The summed E-state index contributed by atoms with van der Waals surface area (Å²) >= 11 is 1.51. The van der Waals surface area contributed by atoms with Gasteiger partial charge in [-0.05, 0) is 50.5 Å². The van der Waals surface area contributed by atoms with Crippen molar-refractivity contribution in [1.29, 1.82) is 0 Å². The number of piperidine rings is 1. The zero-order valence-corrected chi connectivity index (χ0v) is 20.5. The molecule has 0 spiro atoms. The maximum Gasteiger partial charge on any atom is 0.236 e. The first-order valence-corrected chi connectivity index (χ1v) is 13.1. The van der Waals surface area contributed by atoms with Gasteiger partial charge in [0.25, 0.3) is 0 Å². The molecule has 7 nitrogen and oxygen atoms in total. The summed E-state index contributed by atoms with van der Waals surface area (Å²) in [7, 11) is 0. The van der Waals surface area contributed by atoms with Gasteiger partial charge in [-0.15, -0.1) is 10.2 Å². The summed E-state index contributed by atoms with van der Waals surface area (Å²) in [6.07, 6.45) is 3.61. The van der Waals surface area contributed by atoms with E-state index in [0.29, 0.717) is 0 Å². The van der Waals surface area contributed by atoms with E-state index in [-0.39, 0.29) is 11.2 Å². The highest BCUT2D eigenvalue weighted by Gasteiger charge is 2.29. The molecule has 3 aromatic rings. The summed E-state index contributed by atoms with van der Waals surface area (Å²) in [5, 5.41) is 9.65. The van der Waals surface area contributed by atoms with Crippen molar-refractivity contribution in [1.82, 2.24) is 19.7 Å². The SMILES string of the molecule is CC(Sc1nnc(N2CCCCC2)n1-c1ccccc1)C(=O)N1CCN(c2ccccc2)CC1. The Kier molecular flexibility index (Phi) is 7.04. The second kappa shape index (κ2) is 10.5. The topological polar surface area (TPSA) is 57.5 Å². The summed E-state index contributed by atoms with van der Waals surface area (Å²) in [4.78, 5) is 20.0. The Morgan fingerprint density at radius 3 is 2.03 bits per heavy atom. The number of thioether (sulfide) groups is 1. The minimum Gasteiger partial charge on any atom is -0.368 e. The van der Waals surface area contributed by atoms with Crippen molar-refractivity contribution < 1.29 is 4.79 Å². The molecule has 1 aromatic heterocycles. The Bertz CT molecular complexity index is 1080. The highest BCUT2D eigenvalue weighted by molar-refractivity contribution is 8.00. The van der Waals surface area contributed by atoms with Crippen molar-refractivity contribution in [3.63, 3.8) is 0 Å². The van der Waals surface area contributed by atoms with Crippen molar-refractivity contribution in [2.45, 2.75) is 36.6 Å². The first kappa shape index (κ1) is 22.8. The minimum absolute atomic E-state index is 0.167. The molecule has 34 heavy (non-hydrogen) atoms. The molecular formula is C26H32N6OS. The number of benzene rings is 2. The maximum absolute atomic E-state index is 13.3. The van der Waals surface area contributed by atoms with Gasteiger partial charge >= 0.3 is 0 Å². The number of carbonyl (C=O) groups is 1. The van der Waals surface area contributed by atoms with E-state index in [1.807, 2.05) is 36.1 Å². The summed E-state index contributed by atoms with van der Waals surface area (Å²) in [5.41, 5.74) is 2.25. The Morgan fingerprint density at radius 2 is 1.38 bits per heavy atom. The number of nitrogens with zero attached hydrogens (tertiary/aromatic N) is 6. The average Bonchev–Trinajstić information content (AvgIpc) is 3.33. The Morgan fingerprint density at radius 1 is 0.765 bits per heavy atom. The molecule has 178 valence electrons. The lowest BCUT2D eigenvalue weighted by Crippen LogP contribution is -2.50. The quantitative estimate of drug-likeness (QED) is 0.500. The predicted molar refractivity (Wildman–Crippen MR) is 138 cm³/mol. The number of anilines is 2. The second-order valence-corrected chi connectivity index (χ2v) is 10.2. The van der Waals surface area contributed by atoms with Crippen LogP contribution in [0, 0.1) is 0 Å². The van der Waals surface area contributed by atoms with Crippen LogP contribution in [-0.4, -0.2) is 70.1 Å². The summed E-state index contributed by atoms with van der Waals surface area (Å²) < 4.78 is 2.12. The van der Waals surface area contributed by atoms with E-state index < -0.39 is 0 Å². The van der Waals surface area contributed by atoms with Gasteiger partial charge in [-0.2, -0.15) is 0 Å². The fourth-order valence-corrected chi connectivity index (χ4v) is 5.68. The molecule has 0 bridgehead atoms. The Labute approximate surface area is 205 Å². The maximum atomic E-state index is 13.3. The van der Waals surface area contributed by atoms with E-state index in [1.54, 1.807) is 0 Å². The van der Waals surface area contributed by atoms with Crippen LogP contribution in [0.3, 0.4) is 0 Å². The van der Waals surface area contributed by atoms with Crippen molar-refractivity contribution in [3.8, 4) is 5.69 Å². The van der Waals surface area contributed by atoms with E-state index in [0.717, 1.165) is 56.1 Å². The molecule has 5 rings (SSSR count). The lowest BCUT2D eigenvalue weighted by Gasteiger charge is -2.37. The van der Waals surface area contributed by atoms with Crippen molar-refractivity contribution in [2.75, 3.05) is 49.1 Å². The highest BCUT2D eigenvalue weighted by atomic mass is 32.2. The number of carbonyl (C=O) groups excluding carboxylic acids is 1. The fourth-order valence-electron chi connectivity index (χ4n) is 4.73. The van der Waals surface area contributed by atoms with Crippen molar-refractivity contribution in [3.05, 3.63) is 60.7 Å². The number of piperazine rings is 1. The average molecular weight is 477 g/mol. The molecule has 1 atom stereocenters. The fraction of sp³-hybridized carbons (Fsp3) is 0.423. The molecular weight excluding hydrogens is 444 g/mol. The monoisotopic (exact) mass is 476 g/mol. The van der Waals surface area contributed by atoms with Crippen LogP contribution in [0.25, 0.3) is 5.69 Å². The zero-order valence-electron chi connectivity index (χ0n) is 19.7. The number of hydrogen-bond acceptors (Lipinski definition) is 6. The van der Waals surface area contributed by atoms with Crippen LogP contribution in [0.4, 0.5) is 11.6 Å². The summed E-state index contributed by atoms with van der Waals surface area (Å²) in [6, 6.07) is 20.7. The molecule has 2 aliphatic rings. The molecule has 8 heteroatoms. The third kappa shape index (κ3) is 4.92. The third-order valence-corrected chi connectivity index (χ3v) is 7.64. The van der Waals surface area contributed by atoms with Crippen LogP contribution in [0.15, 0.2) is 65.8 Å². The van der Waals surface area contributed by atoms with Crippen LogP contribution >= 0.6 is 11.8 Å². The molecule has 2 saturated heterocycles. The largest absolute Gasteiger partial charge is 0.368 e. The lowest BCUT2D eigenvalue weighted by atomic mass is 10.1. The molecule has 0 saturated carbocycles. The smallest absolute Gasteiger partial charge is 0.236 e. The Balaban J connectivity index is 1.29. The number of rotatable bonds is 6. The van der Waals surface area contributed by atoms with E-state index in [2.05, 4.69) is 61.0 Å². The van der Waals surface area contributed by atoms with Gasteiger partial charge in [0.2, 0.25) is 11.9 Å². The number of para-hydroxylation sites is 2. The Hall–Kier alpha value is -3.00. The number of hydrogen-bond donors (Lipinski definition) is 0. The molecule has 3 heterocycles. The van der Waals surface area contributed by atoms with Crippen molar-refractivity contribution in [2.24, 2.45) is 0 Å². The first-order chi connectivity index (χ1) is 16.7. The molecule has 0 N–H and O–H groups in total. The van der Waals surface area contributed by atoms with Gasteiger partial charge in [0, 0.05) is 45.0 Å². The van der Waals surface area contributed by atoms with Gasteiger partial charge in [0.15, 0.2) is 5.16 Å². The molecule has 0 aliphatic carbocycles. The number of amides is 1. The van der Waals surface area contributed by atoms with E-state index in [1.165, 1.54) is 36.7 Å². The molecule has 1 amide bonds. The van der Waals surface area contributed by atoms with Crippen LogP contribution < -0.4 is 9.80 Å². The zero-order chi connectivity index (χ0) is 23.3. The third-order valence-electron chi connectivity index (χ3n) is 6.61. The number of aromatic nitrogens is 3. The van der Waals surface area contributed by atoms with E-state index in [4.69, 9.17) is 0 Å². The predicted octanol–water partition coefficient (Wildman–Crippen LogP) is 4.09. The normalized spacial score (nSPS) is 17.6. The first-order valence-electron chi connectivity index (χ1n) is 12.2. The van der Waals surface area contributed by atoms with Gasteiger partial charge in [-0.1, -0.05) is 48.2 Å². The molecule has 2 aromatic carbocycles. The highest BCUT2D eigenvalue weighted by Crippen LogP contribution is 2.31. The van der Waals surface area contributed by atoms with Crippen LogP contribution in [-0.2, 0) is 4.79 Å². The van der Waals surface area contributed by atoms with Crippen LogP contribution in [0.2, 0.25) is 0 Å². The van der Waals surface area contributed by atoms with E-state index in [9.17, 15) is 4.79 Å².